The summed E-state index contributed by atoms with van der Waals surface area (Å²) in [5.41, 5.74) is 6.92. The van der Waals surface area contributed by atoms with Gasteiger partial charge in [0.2, 0.25) is 0 Å². The maximum absolute atomic E-state index is 11.4. The number of piperidine rings is 1. The van der Waals surface area contributed by atoms with E-state index in [2.05, 4.69) is 68.1 Å². The van der Waals surface area contributed by atoms with Crippen molar-refractivity contribution in [1.29, 1.82) is 0 Å². The third-order valence-corrected chi connectivity index (χ3v) is 7.60. The summed E-state index contributed by atoms with van der Waals surface area (Å²) in [6.45, 7) is 8.70. The summed E-state index contributed by atoms with van der Waals surface area (Å²) in [5.74, 6) is 0.580. The number of aliphatic hydroxyl groups is 1. The molecule has 2 heterocycles. The maximum atomic E-state index is 11.4. The first-order chi connectivity index (χ1) is 12.9. The number of nitrogens with zero attached hydrogens (tertiary/aromatic N) is 1. The first kappa shape index (κ1) is 20.1. The van der Waals surface area contributed by atoms with E-state index < -0.39 is 5.60 Å². The van der Waals surface area contributed by atoms with Gasteiger partial charge < -0.3 is 5.11 Å². The monoisotopic (exact) mass is 441 g/mol. The van der Waals surface area contributed by atoms with Crippen LogP contribution in [0.4, 0.5) is 0 Å². The number of rotatable bonds is 0. The molecule has 2 nitrogen and oxygen atoms in total. The first-order valence-corrected chi connectivity index (χ1v) is 10.5. The molecule has 28 heavy (non-hydrogen) atoms. The minimum atomic E-state index is -0.586. The van der Waals surface area contributed by atoms with Gasteiger partial charge in [0, 0.05) is 25.0 Å². The molecular formula is C25H32BrNO. The fraction of sp³-hybridized carbons (Fsp3) is 0.520. The summed E-state index contributed by atoms with van der Waals surface area (Å²) in [4.78, 5) is 2.66. The Kier molecular flexibility index (Phi) is 5.01. The second-order valence-corrected chi connectivity index (χ2v) is 10.0. The van der Waals surface area contributed by atoms with Crippen LogP contribution in [0.1, 0.15) is 73.4 Å². The molecule has 2 aromatic carbocycles. The van der Waals surface area contributed by atoms with E-state index in [0.29, 0.717) is 12.0 Å². The molecule has 1 aliphatic carbocycles. The summed E-state index contributed by atoms with van der Waals surface area (Å²) in [7, 11) is 0. The highest BCUT2D eigenvalue weighted by Crippen LogP contribution is 2.51. The normalized spacial score (nSPS) is 29.0. The van der Waals surface area contributed by atoms with Gasteiger partial charge in [0.1, 0.15) is 0 Å². The lowest BCUT2D eigenvalue weighted by Gasteiger charge is -2.53. The largest absolute Gasteiger partial charge is 0.389 e. The van der Waals surface area contributed by atoms with Crippen molar-refractivity contribution in [3.63, 3.8) is 0 Å². The smallest absolute Gasteiger partial charge is 0.0726 e. The van der Waals surface area contributed by atoms with Gasteiger partial charge in [-0.2, -0.15) is 0 Å². The topological polar surface area (TPSA) is 23.5 Å². The Bertz CT molecular complexity index is 886. The van der Waals surface area contributed by atoms with Crippen molar-refractivity contribution in [3.05, 3.63) is 70.3 Å². The van der Waals surface area contributed by atoms with Gasteiger partial charge in [-0.25, -0.2) is 0 Å². The lowest BCUT2D eigenvalue weighted by atomic mass is 9.66. The third kappa shape index (κ3) is 3.07. The highest BCUT2D eigenvalue weighted by Gasteiger charge is 2.49. The van der Waals surface area contributed by atoms with E-state index in [0.717, 1.165) is 38.8 Å². The van der Waals surface area contributed by atoms with Gasteiger partial charge >= 0.3 is 0 Å². The van der Waals surface area contributed by atoms with Crippen LogP contribution >= 0.6 is 17.0 Å². The summed E-state index contributed by atoms with van der Waals surface area (Å²) in [6.07, 6.45) is 3.93. The molecule has 0 saturated carbocycles. The molecule has 3 heteroatoms. The summed E-state index contributed by atoms with van der Waals surface area (Å²) in [6, 6.07) is 16.3. The van der Waals surface area contributed by atoms with Crippen molar-refractivity contribution in [3.8, 4) is 0 Å². The maximum Gasteiger partial charge on any atom is 0.0726 e. The standard InChI is InChI=1S/C25H31NO.BrH/c1-24(2,3)25(27)11-12-26-16-20-14-18-8-5-4-7-17(18)13-19-9-6-10-21(23(19)20)22(26)15-25;/h4-10,20,22,27H,11-16H2,1-3H3;1H/t20-,22+,25+;/m0./s1. The molecule has 2 aliphatic heterocycles. The summed E-state index contributed by atoms with van der Waals surface area (Å²) < 4.78 is 0. The van der Waals surface area contributed by atoms with Crippen LogP contribution in [0.25, 0.3) is 0 Å². The molecule has 150 valence electrons. The van der Waals surface area contributed by atoms with E-state index in [1.54, 1.807) is 5.56 Å². The fourth-order valence-corrected chi connectivity index (χ4v) is 5.76. The zero-order chi connectivity index (χ0) is 18.8. The zero-order valence-electron chi connectivity index (χ0n) is 17.2. The van der Waals surface area contributed by atoms with Crippen LogP contribution in [0.5, 0.6) is 0 Å². The van der Waals surface area contributed by atoms with Crippen LogP contribution < -0.4 is 0 Å². The van der Waals surface area contributed by atoms with Crippen LogP contribution in [0.15, 0.2) is 42.5 Å². The fourth-order valence-electron chi connectivity index (χ4n) is 5.76. The predicted octanol–water partition coefficient (Wildman–Crippen LogP) is 5.42. The Labute approximate surface area is 179 Å². The van der Waals surface area contributed by atoms with E-state index in [4.69, 9.17) is 0 Å². The zero-order valence-corrected chi connectivity index (χ0v) is 19.0. The van der Waals surface area contributed by atoms with E-state index in [-0.39, 0.29) is 22.4 Å². The van der Waals surface area contributed by atoms with Crippen LogP contribution in [0, 0.1) is 5.41 Å². The molecule has 0 radical (unpaired) electrons. The lowest BCUT2D eigenvalue weighted by Crippen LogP contribution is -2.55. The van der Waals surface area contributed by atoms with Crippen molar-refractivity contribution < 1.29 is 5.11 Å². The van der Waals surface area contributed by atoms with Crippen LogP contribution in [-0.4, -0.2) is 28.7 Å². The minimum Gasteiger partial charge on any atom is -0.389 e. The van der Waals surface area contributed by atoms with Crippen molar-refractivity contribution in [2.45, 2.75) is 64.0 Å². The van der Waals surface area contributed by atoms with Crippen molar-refractivity contribution in [1.82, 2.24) is 4.90 Å². The SMILES string of the molecule is Br.CC(C)(C)[C@@]1(O)CCN2C[C@@H]3Cc4ccccc4Cc4cccc(c43)[C@H]2C1. The molecule has 1 N–H and O–H groups in total. The van der Waals surface area contributed by atoms with E-state index in [1.807, 2.05) is 0 Å². The van der Waals surface area contributed by atoms with Crippen molar-refractivity contribution in [2.75, 3.05) is 13.1 Å². The number of hydrogen-bond acceptors (Lipinski definition) is 2. The van der Waals surface area contributed by atoms with Crippen molar-refractivity contribution >= 4 is 17.0 Å². The first-order valence-electron chi connectivity index (χ1n) is 10.5. The Morgan fingerprint density at radius 3 is 2.46 bits per heavy atom. The molecular weight excluding hydrogens is 410 g/mol. The molecule has 1 fully saturated rings. The Hall–Kier alpha value is -1.16. The molecule has 1 saturated heterocycles. The second-order valence-electron chi connectivity index (χ2n) is 10.0. The second kappa shape index (κ2) is 6.97. The van der Waals surface area contributed by atoms with Gasteiger partial charge in [0.25, 0.3) is 0 Å². The van der Waals surface area contributed by atoms with Crippen molar-refractivity contribution in [2.24, 2.45) is 5.41 Å². The molecule has 0 bridgehead atoms. The van der Waals surface area contributed by atoms with Crippen LogP contribution in [0.2, 0.25) is 0 Å². The van der Waals surface area contributed by atoms with Gasteiger partial charge in [-0.15, -0.1) is 17.0 Å². The molecule has 3 aliphatic rings. The van der Waals surface area contributed by atoms with Gasteiger partial charge in [-0.3, -0.25) is 4.90 Å². The number of halogens is 1. The number of fused-ring (bicyclic) bond motifs is 3. The van der Waals surface area contributed by atoms with Crippen LogP contribution in [-0.2, 0) is 12.8 Å². The Morgan fingerprint density at radius 1 is 1.00 bits per heavy atom. The quantitative estimate of drug-likeness (QED) is 0.589. The van der Waals surface area contributed by atoms with E-state index >= 15 is 0 Å². The summed E-state index contributed by atoms with van der Waals surface area (Å²) in [5, 5.41) is 11.4. The Balaban J connectivity index is 0.00000192. The van der Waals surface area contributed by atoms with Gasteiger partial charge in [-0.1, -0.05) is 63.2 Å². The molecule has 0 unspecified atom stereocenters. The number of benzene rings is 2. The molecule has 3 atom stereocenters. The molecule has 0 aromatic heterocycles. The van der Waals surface area contributed by atoms with Gasteiger partial charge in [0.15, 0.2) is 0 Å². The molecule has 0 amide bonds. The Morgan fingerprint density at radius 2 is 1.71 bits per heavy atom. The van der Waals surface area contributed by atoms with Gasteiger partial charge in [0.05, 0.1) is 5.60 Å². The molecule has 2 aromatic rings. The van der Waals surface area contributed by atoms with E-state index in [1.165, 1.54) is 22.3 Å². The highest BCUT2D eigenvalue weighted by atomic mass is 79.9. The van der Waals surface area contributed by atoms with Crippen LogP contribution in [0.3, 0.4) is 0 Å². The minimum absolute atomic E-state index is 0. The van der Waals surface area contributed by atoms with E-state index in [9.17, 15) is 5.11 Å². The average Bonchev–Trinajstić information content (AvgIpc) is 2.79. The highest BCUT2D eigenvalue weighted by molar-refractivity contribution is 8.93. The summed E-state index contributed by atoms with van der Waals surface area (Å²) >= 11 is 0. The van der Waals surface area contributed by atoms with Gasteiger partial charge in [-0.05, 0) is 58.9 Å². The number of hydrogen-bond donors (Lipinski definition) is 1. The lowest BCUT2D eigenvalue weighted by molar-refractivity contribution is -0.120. The molecule has 0 spiro atoms. The predicted molar refractivity (Wildman–Crippen MR) is 120 cm³/mol. The average molecular weight is 442 g/mol. The third-order valence-electron chi connectivity index (χ3n) is 7.60. The molecule has 5 rings (SSSR count).